The van der Waals surface area contributed by atoms with Crippen LogP contribution in [0.4, 0.5) is 5.82 Å². The maximum Gasteiger partial charge on any atom is 0.228 e. The van der Waals surface area contributed by atoms with Crippen molar-refractivity contribution in [2.45, 2.75) is 25.9 Å². The molecule has 2 fully saturated rings. The van der Waals surface area contributed by atoms with E-state index in [1.54, 1.807) is 18.3 Å². The van der Waals surface area contributed by atoms with Crippen LogP contribution in [0.5, 0.6) is 0 Å². The van der Waals surface area contributed by atoms with Gasteiger partial charge in [0.15, 0.2) is 0 Å². The summed E-state index contributed by atoms with van der Waals surface area (Å²) in [5.74, 6) is 0.987. The number of nitriles is 1. The molecule has 2 atom stereocenters. The molecule has 2 unspecified atom stereocenters. The molecule has 1 aliphatic heterocycles. The van der Waals surface area contributed by atoms with Crippen LogP contribution in [0.2, 0.25) is 0 Å². The van der Waals surface area contributed by atoms with Gasteiger partial charge in [-0.1, -0.05) is 0 Å². The second kappa shape index (κ2) is 6.97. The topological polar surface area (TPSA) is 69.5 Å². The number of amides is 1. The SMILES string of the molecule is CCOC1CC1C(=O)N1CCCN(c2ncccc2C#N)CC1. The highest BCUT2D eigenvalue weighted by molar-refractivity contribution is 5.82. The van der Waals surface area contributed by atoms with Crippen molar-refractivity contribution in [1.82, 2.24) is 9.88 Å². The van der Waals surface area contributed by atoms with Crippen molar-refractivity contribution in [3.05, 3.63) is 23.9 Å². The van der Waals surface area contributed by atoms with Gasteiger partial charge in [-0.25, -0.2) is 4.98 Å². The fraction of sp³-hybridized carbons (Fsp3) is 0.588. The quantitative estimate of drug-likeness (QED) is 0.840. The lowest BCUT2D eigenvalue weighted by atomic mass is 10.2. The molecule has 0 spiro atoms. The monoisotopic (exact) mass is 314 g/mol. The lowest BCUT2D eigenvalue weighted by Gasteiger charge is -2.23. The summed E-state index contributed by atoms with van der Waals surface area (Å²) in [4.78, 5) is 20.9. The molecular formula is C17H22N4O2. The molecule has 0 N–H and O–H groups in total. The lowest BCUT2D eigenvalue weighted by Crippen LogP contribution is -2.37. The van der Waals surface area contributed by atoms with E-state index in [0.29, 0.717) is 25.3 Å². The van der Waals surface area contributed by atoms with Crippen molar-refractivity contribution in [2.75, 3.05) is 37.7 Å². The molecule has 1 aromatic rings. The summed E-state index contributed by atoms with van der Waals surface area (Å²) >= 11 is 0. The number of ether oxygens (including phenoxy) is 1. The molecule has 1 aliphatic carbocycles. The number of nitrogens with zero attached hydrogens (tertiary/aromatic N) is 4. The van der Waals surface area contributed by atoms with E-state index >= 15 is 0 Å². The highest BCUT2D eigenvalue weighted by Gasteiger charge is 2.45. The molecule has 2 aliphatic rings. The molecule has 3 rings (SSSR count). The van der Waals surface area contributed by atoms with Gasteiger partial charge in [-0.2, -0.15) is 5.26 Å². The van der Waals surface area contributed by atoms with Gasteiger partial charge < -0.3 is 14.5 Å². The second-order valence-electron chi connectivity index (χ2n) is 5.99. The molecule has 1 saturated heterocycles. The molecule has 1 amide bonds. The Morgan fingerprint density at radius 3 is 3.09 bits per heavy atom. The maximum atomic E-state index is 12.5. The van der Waals surface area contributed by atoms with Gasteiger partial charge in [-0.05, 0) is 31.9 Å². The van der Waals surface area contributed by atoms with Crippen LogP contribution in [0.1, 0.15) is 25.3 Å². The molecule has 0 bridgehead atoms. The van der Waals surface area contributed by atoms with Gasteiger partial charge in [0, 0.05) is 39.0 Å². The Kier molecular flexibility index (Phi) is 4.77. The number of carbonyl (C=O) groups excluding carboxylic acids is 1. The van der Waals surface area contributed by atoms with Crippen molar-refractivity contribution in [3.63, 3.8) is 0 Å². The Labute approximate surface area is 136 Å². The maximum absolute atomic E-state index is 12.5. The highest BCUT2D eigenvalue weighted by atomic mass is 16.5. The number of carbonyl (C=O) groups is 1. The van der Waals surface area contributed by atoms with Gasteiger partial charge in [-0.15, -0.1) is 0 Å². The standard InChI is InChI=1S/C17H22N4O2/c1-2-23-15-11-14(15)17(22)21-8-4-7-20(9-10-21)16-13(12-18)5-3-6-19-16/h3,5-6,14-15H,2,4,7-11H2,1H3. The van der Waals surface area contributed by atoms with E-state index in [2.05, 4.69) is 16.0 Å². The van der Waals surface area contributed by atoms with Gasteiger partial charge in [0.2, 0.25) is 5.91 Å². The molecule has 1 saturated carbocycles. The Bertz CT molecular complexity index is 613. The second-order valence-corrected chi connectivity index (χ2v) is 5.99. The first-order chi connectivity index (χ1) is 11.2. The normalized spacial score (nSPS) is 24.0. The van der Waals surface area contributed by atoms with Gasteiger partial charge in [-0.3, -0.25) is 4.79 Å². The Balaban J connectivity index is 1.62. The number of hydrogen-bond donors (Lipinski definition) is 0. The minimum atomic E-state index is 0.0472. The van der Waals surface area contributed by atoms with Crippen molar-refractivity contribution in [3.8, 4) is 6.07 Å². The number of aromatic nitrogens is 1. The minimum absolute atomic E-state index is 0.0472. The molecule has 6 nitrogen and oxygen atoms in total. The zero-order valence-corrected chi connectivity index (χ0v) is 13.4. The fourth-order valence-electron chi connectivity index (χ4n) is 3.15. The summed E-state index contributed by atoms with van der Waals surface area (Å²) in [6.45, 7) is 5.59. The molecule has 0 radical (unpaired) electrons. The fourth-order valence-corrected chi connectivity index (χ4v) is 3.15. The molecule has 122 valence electrons. The predicted molar refractivity (Wildman–Crippen MR) is 85.9 cm³/mol. The predicted octanol–water partition coefficient (Wildman–Crippen LogP) is 1.42. The first-order valence-corrected chi connectivity index (χ1v) is 8.25. The average Bonchev–Trinajstić information content (AvgIpc) is 3.37. The van der Waals surface area contributed by atoms with Crippen LogP contribution in [0.3, 0.4) is 0 Å². The summed E-state index contributed by atoms with van der Waals surface area (Å²) in [7, 11) is 0. The third kappa shape index (κ3) is 3.45. The Hall–Kier alpha value is -2.13. The Morgan fingerprint density at radius 2 is 2.30 bits per heavy atom. The van der Waals surface area contributed by atoms with Crippen molar-refractivity contribution >= 4 is 11.7 Å². The number of anilines is 1. The van der Waals surface area contributed by atoms with Crippen LogP contribution in [0, 0.1) is 17.2 Å². The number of hydrogen-bond acceptors (Lipinski definition) is 5. The van der Waals surface area contributed by atoms with Crippen LogP contribution in [-0.4, -0.2) is 54.7 Å². The van der Waals surface area contributed by atoms with Gasteiger partial charge in [0.1, 0.15) is 11.9 Å². The smallest absolute Gasteiger partial charge is 0.228 e. The lowest BCUT2D eigenvalue weighted by molar-refractivity contribution is -0.133. The van der Waals surface area contributed by atoms with Gasteiger partial charge >= 0.3 is 0 Å². The summed E-state index contributed by atoms with van der Waals surface area (Å²) in [5.41, 5.74) is 0.589. The third-order valence-corrected chi connectivity index (χ3v) is 4.44. The van der Waals surface area contributed by atoms with Crippen molar-refractivity contribution < 1.29 is 9.53 Å². The van der Waals surface area contributed by atoms with E-state index in [9.17, 15) is 10.1 Å². The van der Waals surface area contributed by atoms with Crippen molar-refractivity contribution in [2.24, 2.45) is 5.92 Å². The summed E-state index contributed by atoms with van der Waals surface area (Å²) in [5, 5.41) is 9.23. The minimum Gasteiger partial charge on any atom is -0.378 e. The largest absolute Gasteiger partial charge is 0.378 e. The van der Waals surface area contributed by atoms with E-state index in [-0.39, 0.29) is 17.9 Å². The van der Waals surface area contributed by atoms with Gasteiger partial charge in [0.05, 0.1) is 17.6 Å². The van der Waals surface area contributed by atoms with Gasteiger partial charge in [0.25, 0.3) is 0 Å². The van der Waals surface area contributed by atoms with E-state index < -0.39 is 0 Å². The van der Waals surface area contributed by atoms with Crippen LogP contribution < -0.4 is 4.90 Å². The summed E-state index contributed by atoms with van der Waals surface area (Å²) in [6, 6.07) is 5.75. The number of rotatable bonds is 4. The third-order valence-electron chi connectivity index (χ3n) is 4.44. The van der Waals surface area contributed by atoms with Crippen LogP contribution in [-0.2, 0) is 9.53 Å². The molecule has 2 heterocycles. The first-order valence-electron chi connectivity index (χ1n) is 8.25. The first kappa shape index (κ1) is 15.8. The molecule has 6 heteroatoms. The van der Waals surface area contributed by atoms with Crippen LogP contribution in [0.25, 0.3) is 0 Å². The van der Waals surface area contributed by atoms with Crippen LogP contribution >= 0.6 is 0 Å². The van der Waals surface area contributed by atoms with E-state index in [0.717, 1.165) is 31.7 Å². The van der Waals surface area contributed by atoms with Crippen molar-refractivity contribution in [1.29, 1.82) is 5.26 Å². The summed E-state index contributed by atoms with van der Waals surface area (Å²) in [6.07, 6.45) is 3.57. The molecule has 1 aromatic heterocycles. The molecule has 23 heavy (non-hydrogen) atoms. The summed E-state index contributed by atoms with van der Waals surface area (Å²) < 4.78 is 5.53. The highest BCUT2D eigenvalue weighted by Crippen LogP contribution is 2.35. The van der Waals surface area contributed by atoms with Crippen LogP contribution in [0.15, 0.2) is 18.3 Å². The van der Waals surface area contributed by atoms with E-state index in [1.165, 1.54) is 0 Å². The molecular weight excluding hydrogens is 292 g/mol. The number of pyridine rings is 1. The zero-order chi connectivity index (χ0) is 16.2. The zero-order valence-electron chi connectivity index (χ0n) is 13.4. The average molecular weight is 314 g/mol. The Morgan fingerprint density at radius 1 is 1.43 bits per heavy atom. The molecule has 0 aromatic carbocycles. The van der Waals surface area contributed by atoms with E-state index in [1.807, 2.05) is 11.8 Å². The van der Waals surface area contributed by atoms with E-state index in [4.69, 9.17) is 4.74 Å².